The molecular formula is C18H21ClN2O3S. The largest absolute Gasteiger partial charge is 0.325 e. The van der Waals surface area contributed by atoms with Crippen molar-refractivity contribution < 1.29 is 13.2 Å². The number of benzene rings is 2. The molecule has 2 rings (SSSR count). The van der Waals surface area contributed by atoms with Crippen molar-refractivity contribution in [1.82, 2.24) is 4.72 Å². The van der Waals surface area contributed by atoms with E-state index in [2.05, 4.69) is 10.0 Å². The van der Waals surface area contributed by atoms with Crippen LogP contribution in [0, 0.1) is 6.92 Å². The maximum atomic E-state index is 12.3. The molecule has 0 fully saturated rings. The third-order valence-electron chi connectivity index (χ3n) is 3.74. The lowest BCUT2D eigenvalue weighted by Crippen LogP contribution is -2.33. The zero-order valence-electron chi connectivity index (χ0n) is 14.3. The molecule has 0 saturated carbocycles. The Hall–Kier alpha value is -1.89. The fourth-order valence-corrected chi connectivity index (χ4v) is 3.45. The highest BCUT2D eigenvalue weighted by Gasteiger charge is 2.16. The van der Waals surface area contributed by atoms with Crippen LogP contribution in [-0.4, -0.2) is 20.9 Å². The van der Waals surface area contributed by atoms with Gasteiger partial charge in [0.25, 0.3) is 0 Å². The minimum Gasteiger partial charge on any atom is -0.325 e. The molecule has 25 heavy (non-hydrogen) atoms. The third kappa shape index (κ3) is 5.29. The van der Waals surface area contributed by atoms with Gasteiger partial charge in [0.1, 0.15) is 0 Å². The Labute approximate surface area is 153 Å². The van der Waals surface area contributed by atoms with Gasteiger partial charge in [0.2, 0.25) is 15.9 Å². The number of halogens is 1. The van der Waals surface area contributed by atoms with Gasteiger partial charge in [-0.1, -0.05) is 37.6 Å². The Morgan fingerprint density at radius 2 is 1.76 bits per heavy atom. The number of carbonyl (C=O) groups is 1. The van der Waals surface area contributed by atoms with E-state index in [1.165, 1.54) is 0 Å². The van der Waals surface area contributed by atoms with E-state index in [0.717, 1.165) is 11.1 Å². The molecule has 134 valence electrons. The fraction of sp³-hybridized carbons (Fsp3) is 0.278. The predicted octanol–water partition coefficient (Wildman–Crippen LogP) is 3.69. The van der Waals surface area contributed by atoms with Crippen molar-refractivity contribution in [1.29, 1.82) is 0 Å². The number of rotatable bonds is 6. The summed E-state index contributed by atoms with van der Waals surface area (Å²) in [4.78, 5) is 12.1. The molecule has 0 aromatic heterocycles. The van der Waals surface area contributed by atoms with Gasteiger partial charge in [-0.05, 0) is 54.3 Å². The molecular weight excluding hydrogens is 360 g/mol. The highest BCUT2D eigenvalue weighted by atomic mass is 35.5. The first-order valence-corrected chi connectivity index (χ1v) is 9.71. The minimum atomic E-state index is -3.74. The Kier molecular flexibility index (Phi) is 6.21. The molecule has 0 saturated heterocycles. The number of aryl methyl sites for hydroxylation is 1. The molecule has 0 atom stereocenters. The molecule has 2 N–H and O–H groups in total. The van der Waals surface area contributed by atoms with Gasteiger partial charge in [0.05, 0.1) is 11.4 Å². The molecule has 0 aliphatic carbocycles. The van der Waals surface area contributed by atoms with Crippen LogP contribution in [0.3, 0.4) is 0 Å². The van der Waals surface area contributed by atoms with Crippen LogP contribution in [0.1, 0.15) is 30.9 Å². The van der Waals surface area contributed by atoms with E-state index in [4.69, 9.17) is 11.6 Å². The summed E-state index contributed by atoms with van der Waals surface area (Å²) in [5, 5.41) is 3.23. The first kappa shape index (κ1) is 19.4. The molecule has 2 aromatic carbocycles. The summed E-state index contributed by atoms with van der Waals surface area (Å²) < 4.78 is 26.9. The molecule has 0 radical (unpaired) electrons. The molecule has 0 heterocycles. The van der Waals surface area contributed by atoms with Crippen molar-refractivity contribution in [2.75, 3.05) is 11.9 Å². The lowest BCUT2D eigenvalue weighted by atomic mass is 10.0. The number of hydrogen-bond donors (Lipinski definition) is 2. The second-order valence-corrected chi connectivity index (χ2v) is 8.26. The minimum absolute atomic E-state index is 0.132. The SMILES string of the molecule is Cc1cc(Cl)ccc1NC(=O)CNS(=O)(=O)c1ccc(C(C)C)cc1. The first-order valence-electron chi connectivity index (χ1n) is 7.84. The van der Waals surface area contributed by atoms with Crippen LogP contribution in [0.25, 0.3) is 0 Å². The van der Waals surface area contributed by atoms with Gasteiger partial charge in [0, 0.05) is 10.7 Å². The fourth-order valence-electron chi connectivity index (χ4n) is 2.24. The zero-order valence-corrected chi connectivity index (χ0v) is 15.9. The predicted molar refractivity (Wildman–Crippen MR) is 101 cm³/mol. The van der Waals surface area contributed by atoms with E-state index in [-0.39, 0.29) is 11.4 Å². The number of anilines is 1. The number of nitrogens with one attached hydrogen (secondary N) is 2. The van der Waals surface area contributed by atoms with E-state index >= 15 is 0 Å². The highest BCUT2D eigenvalue weighted by Crippen LogP contribution is 2.20. The number of hydrogen-bond acceptors (Lipinski definition) is 3. The van der Waals surface area contributed by atoms with E-state index in [1.807, 2.05) is 20.8 Å². The molecule has 2 aromatic rings. The normalized spacial score (nSPS) is 11.6. The van der Waals surface area contributed by atoms with Crippen molar-refractivity contribution in [3.05, 3.63) is 58.6 Å². The Morgan fingerprint density at radius 1 is 1.12 bits per heavy atom. The summed E-state index contributed by atoms with van der Waals surface area (Å²) in [6, 6.07) is 11.7. The Morgan fingerprint density at radius 3 is 2.32 bits per heavy atom. The van der Waals surface area contributed by atoms with Crippen LogP contribution in [0.15, 0.2) is 47.4 Å². The molecule has 0 spiro atoms. The van der Waals surface area contributed by atoms with Crippen molar-refractivity contribution in [2.24, 2.45) is 0 Å². The molecule has 0 unspecified atom stereocenters. The standard InChI is InChI=1S/C18H21ClN2O3S/c1-12(2)14-4-7-16(8-5-14)25(23,24)20-11-18(22)21-17-9-6-15(19)10-13(17)3/h4-10,12,20H,11H2,1-3H3,(H,21,22). The zero-order chi connectivity index (χ0) is 18.6. The van der Waals surface area contributed by atoms with Gasteiger partial charge >= 0.3 is 0 Å². The second-order valence-electron chi connectivity index (χ2n) is 6.06. The lowest BCUT2D eigenvalue weighted by molar-refractivity contribution is -0.115. The number of carbonyl (C=O) groups excluding carboxylic acids is 1. The van der Waals surface area contributed by atoms with E-state index in [0.29, 0.717) is 16.6 Å². The van der Waals surface area contributed by atoms with Gasteiger partial charge in [-0.3, -0.25) is 4.79 Å². The summed E-state index contributed by atoms with van der Waals surface area (Å²) >= 11 is 5.87. The lowest BCUT2D eigenvalue weighted by Gasteiger charge is -2.11. The molecule has 0 bridgehead atoms. The first-order chi connectivity index (χ1) is 11.7. The second kappa shape index (κ2) is 7.99. The van der Waals surface area contributed by atoms with Crippen molar-refractivity contribution >= 4 is 33.2 Å². The summed E-state index contributed by atoms with van der Waals surface area (Å²) in [6.45, 7) is 5.52. The molecule has 5 nitrogen and oxygen atoms in total. The van der Waals surface area contributed by atoms with Crippen LogP contribution in [0.5, 0.6) is 0 Å². The van der Waals surface area contributed by atoms with Crippen molar-refractivity contribution in [3.8, 4) is 0 Å². The summed E-state index contributed by atoms with van der Waals surface area (Å²) in [7, 11) is -3.74. The third-order valence-corrected chi connectivity index (χ3v) is 5.39. The van der Waals surface area contributed by atoms with E-state index < -0.39 is 15.9 Å². The van der Waals surface area contributed by atoms with Crippen LogP contribution in [0.2, 0.25) is 5.02 Å². The van der Waals surface area contributed by atoms with Gasteiger partial charge in [-0.2, -0.15) is 0 Å². The average molecular weight is 381 g/mol. The number of sulfonamides is 1. The average Bonchev–Trinajstić information content (AvgIpc) is 2.56. The molecule has 0 aliphatic rings. The van der Waals surface area contributed by atoms with Crippen LogP contribution < -0.4 is 10.0 Å². The van der Waals surface area contributed by atoms with Crippen LogP contribution in [0.4, 0.5) is 5.69 Å². The van der Waals surface area contributed by atoms with Gasteiger partial charge < -0.3 is 5.32 Å². The summed E-state index contributed by atoms with van der Waals surface area (Å²) in [6.07, 6.45) is 0. The van der Waals surface area contributed by atoms with Crippen molar-refractivity contribution in [2.45, 2.75) is 31.6 Å². The van der Waals surface area contributed by atoms with E-state index in [1.54, 1.807) is 42.5 Å². The smallest absolute Gasteiger partial charge is 0.241 e. The summed E-state index contributed by atoms with van der Waals surface area (Å²) in [5.74, 6) is -0.133. The maximum Gasteiger partial charge on any atom is 0.241 e. The van der Waals surface area contributed by atoms with Crippen LogP contribution in [-0.2, 0) is 14.8 Å². The van der Waals surface area contributed by atoms with Gasteiger partial charge in [-0.15, -0.1) is 0 Å². The Balaban J connectivity index is 2.00. The molecule has 7 heteroatoms. The quantitative estimate of drug-likeness (QED) is 0.802. The Bertz CT molecular complexity index is 862. The highest BCUT2D eigenvalue weighted by molar-refractivity contribution is 7.89. The van der Waals surface area contributed by atoms with E-state index in [9.17, 15) is 13.2 Å². The van der Waals surface area contributed by atoms with Gasteiger partial charge in [-0.25, -0.2) is 13.1 Å². The monoisotopic (exact) mass is 380 g/mol. The topological polar surface area (TPSA) is 75.3 Å². The molecule has 0 aliphatic heterocycles. The number of amides is 1. The van der Waals surface area contributed by atoms with Crippen molar-refractivity contribution in [3.63, 3.8) is 0 Å². The summed E-state index contributed by atoms with van der Waals surface area (Å²) in [5.41, 5.74) is 2.44. The molecule has 1 amide bonds. The maximum absolute atomic E-state index is 12.3. The van der Waals surface area contributed by atoms with Crippen LogP contribution >= 0.6 is 11.6 Å². The van der Waals surface area contributed by atoms with Gasteiger partial charge in [0.15, 0.2) is 0 Å².